The standard InChI is InChI=1S/C15H31N3O2/c1-15(14(16)19,17-13-7-8-13)9-4-5-10-18(2)11-6-12-20-3/h13,17H,4-12H2,1-3H3,(H2,16,19). The molecule has 0 aromatic carbocycles. The normalized spacial score (nSPS) is 18.2. The molecule has 0 aliphatic heterocycles. The molecule has 1 rings (SSSR count). The van der Waals surface area contributed by atoms with Crippen molar-refractivity contribution in [3.8, 4) is 0 Å². The van der Waals surface area contributed by atoms with Crippen LogP contribution in [0.4, 0.5) is 0 Å². The number of carbonyl (C=O) groups is 1. The van der Waals surface area contributed by atoms with Gasteiger partial charge in [0.1, 0.15) is 0 Å². The van der Waals surface area contributed by atoms with E-state index in [2.05, 4.69) is 17.3 Å². The predicted octanol–water partition coefficient (Wildman–Crippen LogP) is 1.12. The number of hydrogen-bond donors (Lipinski definition) is 2. The molecule has 1 unspecified atom stereocenters. The lowest BCUT2D eigenvalue weighted by Gasteiger charge is -2.28. The predicted molar refractivity (Wildman–Crippen MR) is 81.6 cm³/mol. The van der Waals surface area contributed by atoms with Gasteiger partial charge >= 0.3 is 0 Å². The lowest BCUT2D eigenvalue weighted by atomic mass is 9.93. The Labute approximate surface area is 123 Å². The molecule has 0 aromatic rings. The van der Waals surface area contributed by atoms with Crippen LogP contribution < -0.4 is 11.1 Å². The molecule has 20 heavy (non-hydrogen) atoms. The third kappa shape index (κ3) is 6.68. The Bertz CT molecular complexity index is 295. The molecule has 0 radical (unpaired) electrons. The maximum absolute atomic E-state index is 11.6. The summed E-state index contributed by atoms with van der Waals surface area (Å²) in [6.07, 6.45) is 6.35. The first kappa shape index (κ1) is 17.4. The molecule has 1 aliphatic rings. The van der Waals surface area contributed by atoms with E-state index in [1.54, 1.807) is 7.11 Å². The Morgan fingerprint density at radius 3 is 2.55 bits per heavy atom. The van der Waals surface area contributed by atoms with Crippen LogP contribution in [0.5, 0.6) is 0 Å². The van der Waals surface area contributed by atoms with Crippen molar-refractivity contribution in [2.45, 2.75) is 57.0 Å². The van der Waals surface area contributed by atoms with Crippen LogP contribution in [0.1, 0.15) is 45.4 Å². The summed E-state index contributed by atoms with van der Waals surface area (Å²) in [6, 6.07) is 0.504. The number of rotatable bonds is 12. The number of hydrogen-bond acceptors (Lipinski definition) is 4. The number of nitrogens with zero attached hydrogens (tertiary/aromatic N) is 1. The first-order valence-corrected chi connectivity index (χ1v) is 7.73. The number of carbonyl (C=O) groups excluding carboxylic acids is 1. The highest BCUT2D eigenvalue weighted by Crippen LogP contribution is 2.25. The van der Waals surface area contributed by atoms with Crippen LogP contribution in [0.3, 0.4) is 0 Å². The summed E-state index contributed by atoms with van der Waals surface area (Å²) in [6.45, 7) is 4.87. The minimum Gasteiger partial charge on any atom is -0.385 e. The van der Waals surface area contributed by atoms with Gasteiger partial charge in [0.2, 0.25) is 5.91 Å². The Morgan fingerprint density at radius 2 is 2.00 bits per heavy atom. The summed E-state index contributed by atoms with van der Waals surface area (Å²) in [5, 5.41) is 3.39. The van der Waals surface area contributed by atoms with E-state index < -0.39 is 5.54 Å². The zero-order chi connectivity index (χ0) is 15.0. The molecule has 5 nitrogen and oxygen atoms in total. The molecular formula is C15H31N3O2. The number of amides is 1. The molecule has 1 saturated carbocycles. The van der Waals surface area contributed by atoms with Crippen LogP contribution in [0.2, 0.25) is 0 Å². The van der Waals surface area contributed by atoms with Gasteiger partial charge in [-0.15, -0.1) is 0 Å². The molecular weight excluding hydrogens is 254 g/mol. The average molecular weight is 285 g/mol. The Balaban J connectivity index is 2.15. The Kier molecular flexibility index (Phi) is 7.48. The van der Waals surface area contributed by atoms with Crippen molar-refractivity contribution in [3.63, 3.8) is 0 Å². The van der Waals surface area contributed by atoms with E-state index in [0.717, 1.165) is 45.4 Å². The van der Waals surface area contributed by atoms with Crippen LogP contribution in [0.25, 0.3) is 0 Å². The van der Waals surface area contributed by atoms with Crippen molar-refractivity contribution in [1.29, 1.82) is 0 Å². The van der Waals surface area contributed by atoms with E-state index in [9.17, 15) is 4.79 Å². The number of methoxy groups -OCH3 is 1. The van der Waals surface area contributed by atoms with E-state index >= 15 is 0 Å². The molecule has 1 amide bonds. The smallest absolute Gasteiger partial charge is 0.237 e. The molecule has 0 saturated heterocycles. The molecule has 1 aliphatic carbocycles. The molecule has 5 heteroatoms. The van der Waals surface area contributed by atoms with Crippen LogP contribution >= 0.6 is 0 Å². The van der Waals surface area contributed by atoms with Gasteiger partial charge in [-0.1, -0.05) is 0 Å². The monoisotopic (exact) mass is 285 g/mol. The van der Waals surface area contributed by atoms with E-state index in [0.29, 0.717) is 6.04 Å². The number of unbranched alkanes of at least 4 members (excludes halogenated alkanes) is 1. The maximum atomic E-state index is 11.6. The van der Waals surface area contributed by atoms with Gasteiger partial charge in [0.15, 0.2) is 0 Å². The van der Waals surface area contributed by atoms with Crippen molar-refractivity contribution in [1.82, 2.24) is 10.2 Å². The van der Waals surface area contributed by atoms with Crippen molar-refractivity contribution in [2.75, 3.05) is 33.9 Å². The van der Waals surface area contributed by atoms with Gasteiger partial charge in [0.05, 0.1) is 5.54 Å². The second-order valence-corrected chi connectivity index (χ2v) is 6.22. The van der Waals surface area contributed by atoms with E-state index in [4.69, 9.17) is 10.5 Å². The fraction of sp³-hybridized carbons (Fsp3) is 0.933. The molecule has 0 aromatic heterocycles. The van der Waals surface area contributed by atoms with Crippen LogP contribution in [0.15, 0.2) is 0 Å². The van der Waals surface area contributed by atoms with Gasteiger partial charge in [-0.25, -0.2) is 0 Å². The first-order valence-electron chi connectivity index (χ1n) is 7.73. The molecule has 0 bridgehead atoms. The molecule has 0 heterocycles. The van der Waals surface area contributed by atoms with Crippen molar-refractivity contribution in [2.24, 2.45) is 5.73 Å². The van der Waals surface area contributed by atoms with Gasteiger partial charge in [0.25, 0.3) is 0 Å². The highest BCUT2D eigenvalue weighted by molar-refractivity contribution is 5.84. The zero-order valence-corrected chi connectivity index (χ0v) is 13.3. The lowest BCUT2D eigenvalue weighted by Crippen LogP contribution is -2.54. The second kappa shape index (κ2) is 8.60. The van der Waals surface area contributed by atoms with Gasteiger partial charge in [-0.2, -0.15) is 0 Å². The summed E-state index contributed by atoms with van der Waals surface area (Å²) in [7, 11) is 3.86. The highest BCUT2D eigenvalue weighted by atomic mass is 16.5. The molecule has 3 N–H and O–H groups in total. The summed E-state index contributed by atoms with van der Waals surface area (Å²) in [5.41, 5.74) is 5.01. The third-order valence-corrected chi connectivity index (χ3v) is 4.00. The lowest BCUT2D eigenvalue weighted by molar-refractivity contribution is -0.124. The third-order valence-electron chi connectivity index (χ3n) is 4.00. The maximum Gasteiger partial charge on any atom is 0.237 e. The fourth-order valence-electron chi connectivity index (χ4n) is 2.40. The SMILES string of the molecule is COCCCN(C)CCCCC(C)(NC1CC1)C(N)=O. The number of primary amides is 1. The average Bonchev–Trinajstić information content (AvgIpc) is 3.18. The number of nitrogens with one attached hydrogen (secondary N) is 1. The Hall–Kier alpha value is -0.650. The van der Waals surface area contributed by atoms with Crippen LogP contribution in [-0.2, 0) is 9.53 Å². The fourth-order valence-corrected chi connectivity index (χ4v) is 2.40. The van der Waals surface area contributed by atoms with E-state index in [-0.39, 0.29) is 5.91 Å². The topological polar surface area (TPSA) is 67.6 Å². The molecule has 1 fully saturated rings. The largest absolute Gasteiger partial charge is 0.385 e. The van der Waals surface area contributed by atoms with Gasteiger partial charge in [-0.3, -0.25) is 4.79 Å². The van der Waals surface area contributed by atoms with E-state index in [1.807, 2.05) is 6.92 Å². The zero-order valence-electron chi connectivity index (χ0n) is 13.3. The summed E-state index contributed by atoms with van der Waals surface area (Å²) in [5.74, 6) is -0.224. The van der Waals surface area contributed by atoms with Gasteiger partial charge in [0, 0.05) is 26.3 Å². The van der Waals surface area contributed by atoms with Gasteiger partial charge in [-0.05, 0) is 59.0 Å². The molecule has 1 atom stereocenters. The molecule has 0 spiro atoms. The van der Waals surface area contributed by atoms with Crippen molar-refractivity contribution < 1.29 is 9.53 Å². The number of nitrogens with two attached hydrogens (primary N) is 1. The Morgan fingerprint density at radius 1 is 1.35 bits per heavy atom. The van der Waals surface area contributed by atoms with Crippen LogP contribution in [0, 0.1) is 0 Å². The van der Waals surface area contributed by atoms with Gasteiger partial charge < -0.3 is 20.7 Å². The summed E-state index contributed by atoms with van der Waals surface area (Å²) in [4.78, 5) is 13.9. The van der Waals surface area contributed by atoms with Crippen molar-refractivity contribution in [3.05, 3.63) is 0 Å². The highest BCUT2D eigenvalue weighted by Gasteiger charge is 2.36. The quantitative estimate of drug-likeness (QED) is 0.527. The van der Waals surface area contributed by atoms with Crippen LogP contribution in [-0.4, -0.2) is 56.2 Å². The summed E-state index contributed by atoms with van der Waals surface area (Å²) >= 11 is 0. The minimum absolute atomic E-state index is 0.224. The molecule has 118 valence electrons. The van der Waals surface area contributed by atoms with E-state index in [1.165, 1.54) is 12.8 Å². The number of ether oxygens (including phenoxy) is 1. The minimum atomic E-state index is -0.532. The second-order valence-electron chi connectivity index (χ2n) is 6.22. The summed E-state index contributed by atoms with van der Waals surface area (Å²) < 4.78 is 5.05. The first-order chi connectivity index (χ1) is 9.48. The van der Waals surface area contributed by atoms with Crippen molar-refractivity contribution >= 4 is 5.91 Å².